The number of likely N-dealkylation sites (tertiary alicyclic amines) is 1. The van der Waals surface area contributed by atoms with Gasteiger partial charge in [-0.1, -0.05) is 0 Å². The van der Waals surface area contributed by atoms with E-state index in [4.69, 9.17) is 4.74 Å². The Labute approximate surface area is 112 Å². The van der Waals surface area contributed by atoms with Crippen LogP contribution in [0.15, 0.2) is 0 Å². The molecule has 1 rings (SSSR count). The van der Waals surface area contributed by atoms with Crippen LogP contribution in [0.2, 0.25) is 0 Å². The van der Waals surface area contributed by atoms with Crippen molar-refractivity contribution < 1.29 is 19.1 Å². The van der Waals surface area contributed by atoms with Gasteiger partial charge in [0.2, 0.25) is 11.8 Å². The van der Waals surface area contributed by atoms with Gasteiger partial charge in [0.1, 0.15) is 6.04 Å². The number of ether oxygens (including phenoxy) is 1. The van der Waals surface area contributed by atoms with E-state index in [0.717, 1.165) is 19.4 Å². The Balaban J connectivity index is 2.27. The van der Waals surface area contributed by atoms with Gasteiger partial charge in [-0.2, -0.15) is 0 Å². The molecule has 0 radical (unpaired) electrons. The van der Waals surface area contributed by atoms with Crippen molar-refractivity contribution in [1.82, 2.24) is 15.5 Å². The molecule has 2 N–H and O–H groups in total. The van der Waals surface area contributed by atoms with Crippen molar-refractivity contribution >= 4 is 17.8 Å². The second-order valence-electron chi connectivity index (χ2n) is 4.48. The number of methoxy groups -OCH3 is 1. The van der Waals surface area contributed by atoms with E-state index < -0.39 is 0 Å². The maximum Gasteiger partial charge on any atom is 0.323 e. The molecule has 108 valence electrons. The van der Waals surface area contributed by atoms with Gasteiger partial charge in [0.15, 0.2) is 0 Å². The van der Waals surface area contributed by atoms with Crippen LogP contribution in [0.3, 0.4) is 0 Å². The van der Waals surface area contributed by atoms with E-state index in [1.165, 1.54) is 14.0 Å². The first-order valence-corrected chi connectivity index (χ1v) is 6.37. The van der Waals surface area contributed by atoms with E-state index in [0.29, 0.717) is 13.1 Å². The highest BCUT2D eigenvalue weighted by molar-refractivity contribution is 5.80. The van der Waals surface area contributed by atoms with Crippen molar-refractivity contribution in [3.05, 3.63) is 0 Å². The van der Waals surface area contributed by atoms with Crippen molar-refractivity contribution in [3.63, 3.8) is 0 Å². The van der Waals surface area contributed by atoms with E-state index in [9.17, 15) is 14.4 Å². The Kier molecular flexibility index (Phi) is 6.27. The Bertz CT molecular complexity index is 346. The molecular formula is C12H21N3O4. The quantitative estimate of drug-likeness (QED) is 0.472. The molecule has 0 saturated carbocycles. The molecule has 2 amide bonds. The fourth-order valence-corrected chi connectivity index (χ4v) is 2.10. The highest BCUT2D eigenvalue weighted by Gasteiger charge is 2.32. The molecule has 1 aliphatic heterocycles. The van der Waals surface area contributed by atoms with Crippen LogP contribution >= 0.6 is 0 Å². The molecule has 1 unspecified atom stereocenters. The zero-order valence-electron chi connectivity index (χ0n) is 11.4. The maximum absolute atomic E-state index is 11.7. The highest BCUT2D eigenvalue weighted by Crippen LogP contribution is 2.17. The number of carbonyl (C=O) groups excluding carboxylic acids is 3. The molecule has 1 aliphatic rings. The van der Waals surface area contributed by atoms with Crippen molar-refractivity contribution in [2.24, 2.45) is 0 Å². The number of hydrogen-bond donors (Lipinski definition) is 2. The lowest BCUT2D eigenvalue weighted by atomic mass is 10.2. The third kappa shape index (κ3) is 5.25. The smallest absolute Gasteiger partial charge is 0.323 e. The van der Waals surface area contributed by atoms with Crippen LogP contribution in [-0.2, 0) is 19.1 Å². The molecule has 1 saturated heterocycles. The minimum atomic E-state index is -0.314. The molecule has 7 nitrogen and oxygen atoms in total. The summed E-state index contributed by atoms with van der Waals surface area (Å²) in [5.41, 5.74) is 0. The molecule has 0 aliphatic carbocycles. The fraction of sp³-hybridized carbons (Fsp3) is 0.750. The number of carbonyl (C=O) groups is 3. The Morgan fingerprint density at radius 3 is 2.58 bits per heavy atom. The van der Waals surface area contributed by atoms with E-state index >= 15 is 0 Å². The first-order valence-electron chi connectivity index (χ1n) is 6.37. The summed E-state index contributed by atoms with van der Waals surface area (Å²) in [7, 11) is 1.35. The molecule has 1 fully saturated rings. The van der Waals surface area contributed by atoms with Gasteiger partial charge in [-0.3, -0.25) is 19.3 Å². The summed E-state index contributed by atoms with van der Waals surface area (Å²) >= 11 is 0. The second kappa shape index (κ2) is 7.73. The number of esters is 1. The predicted octanol–water partition coefficient (Wildman–Crippen LogP) is -1.12. The zero-order chi connectivity index (χ0) is 14.3. The van der Waals surface area contributed by atoms with Gasteiger partial charge in [0.25, 0.3) is 0 Å². The third-order valence-corrected chi connectivity index (χ3v) is 3.00. The number of rotatable bonds is 6. The lowest BCUT2D eigenvalue weighted by molar-refractivity contribution is -0.146. The largest absolute Gasteiger partial charge is 0.468 e. The standard InChI is InChI=1S/C12H21N3O4/c1-9(16)13-5-6-14-11(17)8-15-7-3-4-10(15)12(18)19-2/h10H,3-8H2,1-2H3,(H,13,16)(H,14,17). The van der Waals surface area contributed by atoms with Crippen LogP contribution < -0.4 is 10.6 Å². The summed E-state index contributed by atoms with van der Waals surface area (Å²) in [5, 5.41) is 5.28. The molecule has 0 aromatic heterocycles. The molecule has 0 spiro atoms. The molecule has 0 aromatic carbocycles. The number of nitrogens with one attached hydrogen (secondary N) is 2. The SMILES string of the molecule is COC(=O)C1CCCN1CC(=O)NCCNC(C)=O. The zero-order valence-corrected chi connectivity index (χ0v) is 11.4. The molecule has 0 bridgehead atoms. The lowest BCUT2D eigenvalue weighted by Crippen LogP contribution is -2.44. The lowest BCUT2D eigenvalue weighted by Gasteiger charge is -2.21. The topological polar surface area (TPSA) is 87.7 Å². The van der Waals surface area contributed by atoms with Gasteiger partial charge in [-0.05, 0) is 19.4 Å². The van der Waals surface area contributed by atoms with Crippen LogP contribution in [0.1, 0.15) is 19.8 Å². The predicted molar refractivity (Wildman–Crippen MR) is 68.3 cm³/mol. The third-order valence-electron chi connectivity index (χ3n) is 3.00. The van der Waals surface area contributed by atoms with Gasteiger partial charge >= 0.3 is 5.97 Å². The van der Waals surface area contributed by atoms with Crippen LogP contribution in [0, 0.1) is 0 Å². The molecular weight excluding hydrogens is 250 g/mol. The minimum Gasteiger partial charge on any atom is -0.468 e. The Hall–Kier alpha value is -1.63. The fourth-order valence-electron chi connectivity index (χ4n) is 2.10. The average Bonchev–Trinajstić information content (AvgIpc) is 2.81. The Morgan fingerprint density at radius 1 is 1.26 bits per heavy atom. The van der Waals surface area contributed by atoms with Gasteiger partial charge in [-0.25, -0.2) is 0 Å². The number of nitrogens with zero attached hydrogens (tertiary/aromatic N) is 1. The van der Waals surface area contributed by atoms with Crippen molar-refractivity contribution in [3.8, 4) is 0 Å². The summed E-state index contributed by atoms with van der Waals surface area (Å²) in [6.45, 7) is 3.11. The van der Waals surface area contributed by atoms with Gasteiger partial charge in [0, 0.05) is 20.0 Å². The molecule has 0 aromatic rings. The Morgan fingerprint density at radius 2 is 1.95 bits per heavy atom. The van der Waals surface area contributed by atoms with Crippen molar-refractivity contribution in [2.75, 3.05) is 33.3 Å². The average molecular weight is 271 g/mol. The first-order chi connectivity index (χ1) is 9.04. The molecule has 1 heterocycles. The van der Waals surface area contributed by atoms with E-state index in [-0.39, 0.29) is 30.4 Å². The van der Waals surface area contributed by atoms with Crippen LogP contribution in [0.25, 0.3) is 0 Å². The van der Waals surface area contributed by atoms with E-state index in [1.807, 2.05) is 4.90 Å². The van der Waals surface area contributed by atoms with Crippen LogP contribution in [0.4, 0.5) is 0 Å². The second-order valence-corrected chi connectivity index (χ2v) is 4.48. The number of amides is 2. The maximum atomic E-state index is 11.7. The normalized spacial score (nSPS) is 18.9. The molecule has 7 heteroatoms. The van der Waals surface area contributed by atoms with Gasteiger partial charge in [-0.15, -0.1) is 0 Å². The van der Waals surface area contributed by atoms with E-state index in [2.05, 4.69) is 10.6 Å². The first kappa shape index (κ1) is 15.4. The van der Waals surface area contributed by atoms with Gasteiger partial charge < -0.3 is 15.4 Å². The minimum absolute atomic E-state index is 0.125. The molecule has 19 heavy (non-hydrogen) atoms. The summed E-state index contributed by atoms with van der Waals surface area (Å²) in [4.78, 5) is 35.6. The van der Waals surface area contributed by atoms with Crippen molar-refractivity contribution in [2.45, 2.75) is 25.8 Å². The summed E-state index contributed by atoms with van der Waals surface area (Å²) in [5.74, 6) is -0.566. The van der Waals surface area contributed by atoms with E-state index in [1.54, 1.807) is 0 Å². The van der Waals surface area contributed by atoms with Gasteiger partial charge in [0.05, 0.1) is 13.7 Å². The number of hydrogen-bond acceptors (Lipinski definition) is 5. The van der Waals surface area contributed by atoms with Crippen LogP contribution in [-0.4, -0.2) is 62.0 Å². The summed E-state index contributed by atoms with van der Waals surface area (Å²) < 4.78 is 4.71. The summed E-state index contributed by atoms with van der Waals surface area (Å²) in [6.07, 6.45) is 1.62. The highest BCUT2D eigenvalue weighted by atomic mass is 16.5. The monoisotopic (exact) mass is 271 g/mol. The summed E-state index contributed by atoms with van der Waals surface area (Å²) in [6, 6.07) is -0.314. The van der Waals surface area contributed by atoms with Crippen molar-refractivity contribution in [1.29, 1.82) is 0 Å². The molecule has 1 atom stereocenters. The van der Waals surface area contributed by atoms with Crippen LogP contribution in [0.5, 0.6) is 0 Å².